The summed E-state index contributed by atoms with van der Waals surface area (Å²) in [4.78, 5) is 5.40. The number of para-hydroxylation sites is 3. The summed E-state index contributed by atoms with van der Waals surface area (Å²) in [7, 11) is 0. The summed E-state index contributed by atoms with van der Waals surface area (Å²) >= 11 is 0. The summed E-state index contributed by atoms with van der Waals surface area (Å²) in [6, 6.07) is 43.8. The van der Waals surface area contributed by atoms with E-state index in [1.807, 2.05) is 24.3 Å². The number of allylic oxidation sites excluding steroid dienone is 2. The fraction of sp³-hybridized carbons (Fsp3) is 0.0732. The zero-order valence-electron chi connectivity index (χ0n) is 24.5. The molecule has 0 saturated carbocycles. The van der Waals surface area contributed by atoms with Crippen molar-refractivity contribution < 1.29 is 0 Å². The van der Waals surface area contributed by atoms with E-state index in [0.29, 0.717) is 5.57 Å². The van der Waals surface area contributed by atoms with Crippen molar-refractivity contribution in [1.82, 2.24) is 8.97 Å². The number of nitriles is 1. The second kappa shape index (κ2) is 9.05. The summed E-state index contributed by atoms with van der Waals surface area (Å²) in [6.07, 6.45) is 4.60. The van der Waals surface area contributed by atoms with Crippen LogP contribution in [0.5, 0.6) is 0 Å². The van der Waals surface area contributed by atoms with Crippen molar-refractivity contribution >= 4 is 87.8 Å². The molecule has 3 aromatic heterocycles. The number of aliphatic imine (C=N–C) groups is 1. The first-order chi connectivity index (χ1) is 22.3. The maximum absolute atomic E-state index is 10.0. The maximum atomic E-state index is 10.0. The van der Waals surface area contributed by atoms with Gasteiger partial charge in [0.15, 0.2) is 0 Å². The third kappa shape index (κ3) is 3.22. The number of nitrogens with zero attached hydrogens (tertiary/aromatic N) is 4. The van der Waals surface area contributed by atoms with Gasteiger partial charge in [-0.3, -0.25) is 4.57 Å². The average Bonchev–Trinajstić information content (AvgIpc) is 3.74. The molecule has 0 bridgehead atoms. The van der Waals surface area contributed by atoms with Crippen molar-refractivity contribution in [1.29, 1.82) is 5.26 Å². The summed E-state index contributed by atoms with van der Waals surface area (Å²) in [5.74, 6) is 1.01. The van der Waals surface area contributed by atoms with Gasteiger partial charge in [-0.05, 0) is 42.5 Å². The first-order valence-corrected chi connectivity index (χ1v) is 15.6. The van der Waals surface area contributed by atoms with E-state index >= 15 is 0 Å². The van der Waals surface area contributed by atoms with Gasteiger partial charge in [0.25, 0.3) is 0 Å². The Morgan fingerprint density at radius 3 is 2.20 bits per heavy atom. The van der Waals surface area contributed by atoms with Crippen LogP contribution in [0.1, 0.15) is 24.8 Å². The predicted molar refractivity (Wildman–Crippen MR) is 188 cm³/mol. The largest absolute Gasteiger partial charge is 0.307 e. The van der Waals surface area contributed by atoms with Crippen LogP contribution in [0.2, 0.25) is 0 Å². The van der Waals surface area contributed by atoms with Crippen molar-refractivity contribution in [3.8, 4) is 6.07 Å². The molecule has 45 heavy (non-hydrogen) atoms. The van der Waals surface area contributed by atoms with Crippen LogP contribution in [-0.2, 0) is 0 Å². The van der Waals surface area contributed by atoms with Crippen LogP contribution in [-0.4, -0.2) is 14.8 Å². The van der Waals surface area contributed by atoms with E-state index in [9.17, 15) is 5.26 Å². The highest BCUT2D eigenvalue weighted by Crippen LogP contribution is 2.47. The molecule has 1 aliphatic heterocycles. The molecule has 0 unspecified atom stereocenters. The molecular weight excluding hydrogens is 548 g/mol. The summed E-state index contributed by atoms with van der Waals surface area (Å²) in [6.45, 7) is 0. The van der Waals surface area contributed by atoms with Crippen LogP contribution < -0.4 is 0 Å². The van der Waals surface area contributed by atoms with Gasteiger partial charge < -0.3 is 4.40 Å². The van der Waals surface area contributed by atoms with Gasteiger partial charge >= 0.3 is 0 Å². The molecule has 0 radical (unpaired) electrons. The molecule has 0 aliphatic carbocycles. The van der Waals surface area contributed by atoms with Crippen molar-refractivity contribution in [2.24, 2.45) is 4.99 Å². The first kappa shape index (κ1) is 24.5. The molecule has 6 aromatic carbocycles. The normalized spacial score (nSPS) is 16.5. The van der Waals surface area contributed by atoms with Crippen LogP contribution in [0, 0.1) is 11.3 Å². The third-order valence-electron chi connectivity index (χ3n) is 9.76. The van der Waals surface area contributed by atoms with Gasteiger partial charge in [0, 0.05) is 49.7 Å². The van der Waals surface area contributed by atoms with Crippen LogP contribution in [0.15, 0.2) is 126 Å². The number of benzene rings is 6. The lowest BCUT2D eigenvalue weighted by Crippen LogP contribution is -2.11. The van der Waals surface area contributed by atoms with Gasteiger partial charge in [0.1, 0.15) is 5.84 Å². The Kier molecular flexibility index (Phi) is 4.93. The molecule has 4 heteroatoms. The molecule has 10 rings (SSSR count). The van der Waals surface area contributed by atoms with Crippen molar-refractivity contribution in [2.75, 3.05) is 0 Å². The minimum atomic E-state index is 0.698. The highest BCUT2D eigenvalue weighted by molar-refractivity contribution is 6.37. The lowest BCUT2D eigenvalue weighted by Gasteiger charge is -2.13. The third-order valence-corrected chi connectivity index (χ3v) is 9.76. The lowest BCUT2D eigenvalue weighted by molar-refractivity contribution is 0.878. The molecule has 4 heterocycles. The zero-order chi connectivity index (χ0) is 29.6. The van der Waals surface area contributed by atoms with E-state index in [1.165, 1.54) is 65.2 Å². The fourth-order valence-electron chi connectivity index (χ4n) is 7.90. The van der Waals surface area contributed by atoms with E-state index in [-0.39, 0.29) is 0 Å². The number of rotatable bonds is 0. The van der Waals surface area contributed by atoms with Crippen LogP contribution in [0.3, 0.4) is 0 Å². The minimum absolute atomic E-state index is 0.698. The number of hydrogen-bond donors (Lipinski definition) is 0. The second-order valence-electron chi connectivity index (χ2n) is 12.1. The summed E-state index contributed by atoms with van der Waals surface area (Å²) in [5.41, 5.74) is 8.53. The molecule has 4 nitrogen and oxygen atoms in total. The Labute approximate surface area is 258 Å². The van der Waals surface area contributed by atoms with Gasteiger partial charge in [0.05, 0.1) is 44.9 Å². The standard InChI is InChI=1S/C41H26N4/c42-24-26-12-2-10-20-37(43-34-17-7-4-13-27(26)34)44-35-18-8-5-15-29(35)32-23-33-30-16-6-9-19-36(30)45-39-28-14-3-1-11-25(28)21-22-31(39)38(40(32)44)41(33)45/h1,3-9,11-19,21-23H,2,10,20H2/b26-12+,43-37+. The smallest absolute Gasteiger partial charge is 0.114 e. The van der Waals surface area contributed by atoms with E-state index < -0.39 is 0 Å². The minimum Gasteiger partial charge on any atom is -0.307 e. The molecule has 0 spiro atoms. The van der Waals surface area contributed by atoms with Crippen LogP contribution in [0.25, 0.3) is 76.2 Å². The van der Waals surface area contributed by atoms with E-state index in [2.05, 4.69) is 112 Å². The molecule has 0 saturated heterocycles. The number of fused-ring (bicyclic) bond motifs is 13. The average molecular weight is 575 g/mol. The van der Waals surface area contributed by atoms with Gasteiger partial charge in [-0.1, -0.05) is 97.1 Å². The van der Waals surface area contributed by atoms with E-state index in [0.717, 1.165) is 41.9 Å². The van der Waals surface area contributed by atoms with Crippen molar-refractivity contribution in [3.63, 3.8) is 0 Å². The first-order valence-electron chi connectivity index (χ1n) is 15.6. The Bertz CT molecular complexity index is 2800. The van der Waals surface area contributed by atoms with Gasteiger partial charge in [-0.2, -0.15) is 5.26 Å². The molecule has 0 amide bonds. The Morgan fingerprint density at radius 2 is 1.33 bits per heavy atom. The fourth-order valence-corrected chi connectivity index (χ4v) is 7.90. The van der Waals surface area contributed by atoms with Crippen molar-refractivity contribution in [2.45, 2.75) is 19.3 Å². The molecule has 9 aromatic rings. The summed E-state index contributed by atoms with van der Waals surface area (Å²) in [5, 5.41) is 20.0. The Balaban J connectivity index is 1.45. The number of hydrogen-bond acceptors (Lipinski definition) is 2. The zero-order valence-corrected chi connectivity index (χ0v) is 24.5. The Hall–Kier alpha value is -5.92. The lowest BCUT2D eigenvalue weighted by atomic mass is 10.0. The molecular formula is C41H26N4. The molecule has 210 valence electrons. The monoisotopic (exact) mass is 574 g/mol. The van der Waals surface area contributed by atoms with Gasteiger partial charge in [-0.15, -0.1) is 0 Å². The highest BCUT2D eigenvalue weighted by atomic mass is 15.1. The van der Waals surface area contributed by atoms with Gasteiger partial charge in [-0.25, -0.2) is 4.99 Å². The molecule has 0 fully saturated rings. The SMILES string of the molecule is N#C/C1=C\CCC/C(n2c3ccccc3c3cc4c5ccccc5n5c6c7ccccc7ccc6c(c32)c45)=N\c2ccccc21. The maximum Gasteiger partial charge on any atom is 0.114 e. The Morgan fingerprint density at radius 1 is 0.622 bits per heavy atom. The molecule has 1 aliphatic rings. The second-order valence-corrected chi connectivity index (χ2v) is 12.1. The van der Waals surface area contributed by atoms with Crippen molar-refractivity contribution in [3.05, 3.63) is 127 Å². The predicted octanol–water partition coefficient (Wildman–Crippen LogP) is 10.8. The molecule has 0 atom stereocenters. The van der Waals surface area contributed by atoms with E-state index in [4.69, 9.17) is 4.99 Å². The van der Waals surface area contributed by atoms with Crippen LogP contribution >= 0.6 is 0 Å². The highest BCUT2D eigenvalue weighted by Gasteiger charge is 2.26. The topological polar surface area (TPSA) is 45.5 Å². The quantitative estimate of drug-likeness (QED) is 0.178. The van der Waals surface area contributed by atoms with Gasteiger partial charge in [0.2, 0.25) is 0 Å². The molecule has 0 N–H and O–H groups in total. The summed E-state index contributed by atoms with van der Waals surface area (Å²) < 4.78 is 4.93. The number of aromatic nitrogens is 2. The van der Waals surface area contributed by atoms with E-state index in [1.54, 1.807) is 0 Å². The van der Waals surface area contributed by atoms with Crippen LogP contribution in [0.4, 0.5) is 5.69 Å².